The van der Waals surface area contributed by atoms with Crippen LogP contribution in [-0.2, 0) is 33.3 Å². The minimum absolute atomic E-state index is 0.148. The minimum atomic E-state index is -1.24. The van der Waals surface area contributed by atoms with Gasteiger partial charge in [-0.2, -0.15) is 0 Å². The molecule has 0 bridgehead atoms. The van der Waals surface area contributed by atoms with Gasteiger partial charge in [0.1, 0.15) is 0 Å². The summed E-state index contributed by atoms with van der Waals surface area (Å²) in [6.07, 6.45) is -2.83. The van der Waals surface area contributed by atoms with Crippen molar-refractivity contribution in [1.29, 1.82) is 0 Å². The van der Waals surface area contributed by atoms with E-state index in [2.05, 4.69) is 32.6 Å². The van der Waals surface area contributed by atoms with Crippen molar-refractivity contribution in [3.8, 4) is 11.4 Å². The zero-order valence-corrected chi connectivity index (χ0v) is 26.8. The molecule has 0 spiro atoms. The Labute approximate surface area is 249 Å². The van der Waals surface area contributed by atoms with Crippen molar-refractivity contribution in [1.82, 2.24) is 14.8 Å². The number of hydrogen-bond donors (Lipinski definition) is 0. The maximum Gasteiger partial charge on any atom is 0.311 e. The highest BCUT2D eigenvalue weighted by Crippen LogP contribution is 2.36. The molecule has 0 unspecified atom stereocenters. The van der Waals surface area contributed by atoms with Crippen LogP contribution in [-0.4, -0.2) is 57.6 Å². The fourth-order valence-electron chi connectivity index (χ4n) is 3.69. The van der Waals surface area contributed by atoms with Crippen molar-refractivity contribution in [2.24, 2.45) is 16.2 Å². The van der Waals surface area contributed by atoms with Gasteiger partial charge in [-0.15, -0.1) is 5.10 Å². The number of hydrogen-bond acceptors (Lipinski definition) is 9. The van der Waals surface area contributed by atoms with Crippen LogP contribution in [0, 0.1) is 16.2 Å². The SMILES string of the molecule is C=Cc1ccc(-c2nc(Br)nn2[C@@H]2OC[C@@H](OC(=O)C(C)(C)C)[C@H](OC(=O)C(C)(C)C)[C@H]2OC(=O)C(C)(C)C)cc1. The molecule has 1 fully saturated rings. The van der Waals surface area contributed by atoms with Crippen molar-refractivity contribution in [3.63, 3.8) is 0 Å². The van der Waals surface area contributed by atoms with Crippen LogP contribution in [0.5, 0.6) is 0 Å². The Hall–Kier alpha value is -3.05. The minimum Gasteiger partial charge on any atom is -0.455 e. The number of halogens is 1. The Kier molecular flexibility index (Phi) is 9.54. The molecule has 4 atom stereocenters. The summed E-state index contributed by atoms with van der Waals surface area (Å²) in [5, 5.41) is 4.50. The molecule has 0 saturated carbocycles. The maximum absolute atomic E-state index is 13.3. The van der Waals surface area contributed by atoms with Crippen molar-refractivity contribution in [2.75, 3.05) is 6.61 Å². The number of esters is 3. The molecule has 0 amide bonds. The van der Waals surface area contributed by atoms with Crippen LogP contribution in [0.3, 0.4) is 0 Å². The van der Waals surface area contributed by atoms with Gasteiger partial charge < -0.3 is 18.9 Å². The highest BCUT2D eigenvalue weighted by Gasteiger charge is 2.51. The van der Waals surface area contributed by atoms with Crippen molar-refractivity contribution in [2.45, 2.75) is 86.9 Å². The van der Waals surface area contributed by atoms with E-state index in [0.29, 0.717) is 11.4 Å². The Morgan fingerprint density at radius 3 is 1.85 bits per heavy atom. The number of aromatic nitrogens is 3. The van der Waals surface area contributed by atoms with Gasteiger partial charge in [0.25, 0.3) is 0 Å². The van der Waals surface area contributed by atoms with Gasteiger partial charge in [0.2, 0.25) is 4.73 Å². The molecule has 11 heteroatoms. The number of carbonyl (C=O) groups is 3. The first-order valence-electron chi connectivity index (χ1n) is 13.4. The number of ether oxygens (including phenoxy) is 4. The Balaban J connectivity index is 2.15. The van der Waals surface area contributed by atoms with Crippen molar-refractivity contribution in [3.05, 3.63) is 41.1 Å². The summed E-state index contributed by atoms with van der Waals surface area (Å²) < 4.78 is 25.8. The van der Waals surface area contributed by atoms with Crippen LogP contribution in [0.2, 0.25) is 0 Å². The predicted octanol–water partition coefficient (Wildman–Crippen LogP) is 5.75. The fourth-order valence-corrected chi connectivity index (χ4v) is 4.03. The molecular weight excluding hydrogens is 594 g/mol. The molecular formula is C30H40BrN3O7. The fraction of sp³-hybridized carbons (Fsp3) is 0.567. The first kappa shape index (κ1) is 32.5. The third-order valence-electron chi connectivity index (χ3n) is 6.24. The lowest BCUT2D eigenvalue weighted by Gasteiger charge is -2.42. The molecule has 0 radical (unpaired) electrons. The predicted molar refractivity (Wildman–Crippen MR) is 156 cm³/mol. The topological polar surface area (TPSA) is 119 Å². The zero-order chi connectivity index (χ0) is 30.9. The van der Waals surface area contributed by atoms with Crippen LogP contribution >= 0.6 is 15.9 Å². The van der Waals surface area contributed by atoms with E-state index in [0.717, 1.165) is 5.56 Å². The molecule has 1 aliphatic rings. The smallest absolute Gasteiger partial charge is 0.311 e. The third-order valence-corrected chi connectivity index (χ3v) is 6.57. The van der Waals surface area contributed by atoms with E-state index in [-0.39, 0.29) is 11.3 Å². The van der Waals surface area contributed by atoms with Gasteiger partial charge >= 0.3 is 17.9 Å². The lowest BCUT2D eigenvalue weighted by atomic mass is 9.94. The first-order chi connectivity index (χ1) is 18.8. The Morgan fingerprint density at radius 1 is 0.878 bits per heavy atom. The van der Waals surface area contributed by atoms with Gasteiger partial charge in [0, 0.05) is 5.56 Å². The molecule has 10 nitrogen and oxygen atoms in total. The lowest BCUT2D eigenvalue weighted by molar-refractivity contribution is -0.249. The normalized spacial score (nSPS) is 21.6. The molecule has 1 aromatic heterocycles. The third kappa shape index (κ3) is 7.82. The maximum atomic E-state index is 13.3. The molecule has 1 aromatic carbocycles. The van der Waals surface area contributed by atoms with Crippen LogP contribution < -0.4 is 0 Å². The van der Waals surface area contributed by atoms with Crippen LogP contribution in [0.15, 0.2) is 35.6 Å². The van der Waals surface area contributed by atoms with Crippen LogP contribution in [0.4, 0.5) is 0 Å². The monoisotopic (exact) mass is 633 g/mol. The molecule has 1 aliphatic heterocycles. The second kappa shape index (κ2) is 12.1. The average molecular weight is 635 g/mol. The quantitative estimate of drug-likeness (QED) is 0.289. The second-order valence-corrected chi connectivity index (χ2v) is 13.8. The molecule has 2 aromatic rings. The van der Waals surface area contributed by atoms with E-state index >= 15 is 0 Å². The van der Waals surface area contributed by atoms with Gasteiger partial charge in [0.15, 0.2) is 30.4 Å². The molecule has 1 saturated heterocycles. The zero-order valence-electron chi connectivity index (χ0n) is 25.2. The molecule has 2 heterocycles. The van der Waals surface area contributed by atoms with Gasteiger partial charge in [-0.1, -0.05) is 36.9 Å². The largest absolute Gasteiger partial charge is 0.455 e. The standard InChI is InChI=1S/C30H40BrN3O7/c1-11-17-12-14-18(15-13-17)22-32-27(31)33-34(22)23-21(41-26(37)30(8,9)10)20(40-25(36)29(5,6)7)19(16-38-23)39-24(35)28(2,3)4/h11-15,19-21,23H,1,16H2,2-10H3/t19-,20+,21-,23-/m1/s1. The van der Waals surface area contributed by atoms with E-state index in [1.54, 1.807) is 68.4 Å². The molecule has 3 rings (SSSR count). The number of rotatable bonds is 6. The molecule has 224 valence electrons. The highest BCUT2D eigenvalue weighted by molar-refractivity contribution is 9.10. The summed E-state index contributed by atoms with van der Waals surface area (Å²) in [6, 6.07) is 7.47. The molecule has 41 heavy (non-hydrogen) atoms. The van der Waals surface area contributed by atoms with Crippen LogP contribution in [0.1, 0.15) is 74.1 Å². The van der Waals surface area contributed by atoms with Gasteiger partial charge in [-0.3, -0.25) is 14.4 Å². The molecule has 0 aliphatic carbocycles. The first-order valence-corrected chi connectivity index (χ1v) is 14.2. The summed E-state index contributed by atoms with van der Waals surface area (Å²) in [5.41, 5.74) is -0.997. The van der Waals surface area contributed by atoms with E-state index in [4.69, 9.17) is 18.9 Å². The summed E-state index contributed by atoms with van der Waals surface area (Å²) in [4.78, 5) is 43.9. The van der Waals surface area contributed by atoms with E-state index < -0.39 is 58.7 Å². The van der Waals surface area contributed by atoms with E-state index in [1.807, 2.05) is 24.3 Å². The summed E-state index contributed by atoms with van der Waals surface area (Å²) in [7, 11) is 0. The van der Waals surface area contributed by atoms with E-state index in [1.165, 1.54) is 4.68 Å². The summed E-state index contributed by atoms with van der Waals surface area (Å²) >= 11 is 3.35. The Morgan fingerprint density at radius 2 is 1.37 bits per heavy atom. The van der Waals surface area contributed by atoms with Crippen LogP contribution in [0.25, 0.3) is 17.5 Å². The van der Waals surface area contributed by atoms with E-state index in [9.17, 15) is 14.4 Å². The number of benzene rings is 1. The summed E-state index contributed by atoms with van der Waals surface area (Å²) in [5.74, 6) is -1.22. The van der Waals surface area contributed by atoms with Gasteiger partial charge in [-0.25, -0.2) is 9.67 Å². The number of carbonyl (C=O) groups excluding carboxylic acids is 3. The van der Waals surface area contributed by atoms with Crippen molar-refractivity contribution >= 4 is 39.9 Å². The average Bonchev–Trinajstić information content (AvgIpc) is 3.25. The lowest BCUT2D eigenvalue weighted by Crippen LogP contribution is -2.57. The summed E-state index contributed by atoms with van der Waals surface area (Å²) in [6.45, 7) is 19.0. The Bertz CT molecular complexity index is 1280. The van der Waals surface area contributed by atoms with Crippen molar-refractivity contribution < 1.29 is 33.3 Å². The number of nitrogens with zero attached hydrogens (tertiary/aromatic N) is 3. The highest BCUT2D eigenvalue weighted by atomic mass is 79.9. The van der Waals surface area contributed by atoms with Gasteiger partial charge in [-0.05, 0) is 83.8 Å². The second-order valence-electron chi connectivity index (χ2n) is 13.1. The molecule has 0 N–H and O–H groups in total. The van der Waals surface area contributed by atoms with Gasteiger partial charge in [0.05, 0.1) is 22.9 Å².